The molecule has 1 N–H and O–H groups in total. The lowest BCUT2D eigenvalue weighted by Gasteiger charge is -2.29. The Morgan fingerprint density at radius 1 is 1.37 bits per heavy atom. The molecule has 3 heterocycles. The van der Waals surface area contributed by atoms with Crippen LogP contribution in [-0.4, -0.2) is 34.8 Å². The number of aryl methyl sites for hydroxylation is 1. The number of nitrogens with one attached hydrogen (secondary N) is 1. The summed E-state index contributed by atoms with van der Waals surface area (Å²) in [7, 11) is 0. The summed E-state index contributed by atoms with van der Waals surface area (Å²) in [6.45, 7) is 1.72. The first-order valence-electron chi connectivity index (χ1n) is 6.48. The lowest BCUT2D eigenvalue weighted by atomic mass is 10.0. The molecule has 0 aliphatic carbocycles. The number of rotatable bonds is 2. The van der Waals surface area contributed by atoms with Gasteiger partial charge in [0, 0.05) is 31.8 Å². The third kappa shape index (κ3) is 2.50. The molecule has 0 bridgehead atoms. The number of carbonyl (C=O) groups is 2. The predicted molar refractivity (Wildman–Crippen MR) is 71.4 cm³/mol. The van der Waals surface area contributed by atoms with E-state index in [1.165, 1.54) is 0 Å². The Balaban J connectivity index is 1.73. The molecular formula is C14H15N3O2. The van der Waals surface area contributed by atoms with Crippen molar-refractivity contribution in [3.8, 4) is 0 Å². The molecule has 1 saturated heterocycles. The van der Waals surface area contributed by atoms with Gasteiger partial charge in [0.25, 0.3) is 0 Å². The fourth-order valence-corrected chi connectivity index (χ4v) is 2.18. The minimum atomic E-state index is 0.0104. The van der Waals surface area contributed by atoms with Crippen molar-refractivity contribution in [2.45, 2.75) is 19.3 Å². The molecular weight excluding hydrogens is 242 g/mol. The van der Waals surface area contributed by atoms with E-state index in [9.17, 15) is 9.59 Å². The van der Waals surface area contributed by atoms with Crippen molar-refractivity contribution in [2.75, 3.05) is 18.4 Å². The summed E-state index contributed by atoms with van der Waals surface area (Å²) in [5.74, 6) is 0.705. The Bertz CT molecular complexity index is 562. The third-order valence-corrected chi connectivity index (χ3v) is 3.45. The molecule has 2 aliphatic heterocycles. The molecule has 0 atom stereocenters. The van der Waals surface area contributed by atoms with Crippen LogP contribution in [0.5, 0.6) is 0 Å². The second-order valence-corrected chi connectivity index (χ2v) is 4.84. The van der Waals surface area contributed by atoms with Gasteiger partial charge in [-0.3, -0.25) is 9.59 Å². The number of amides is 2. The van der Waals surface area contributed by atoms with Gasteiger partial charge >= 0.3 is 0 Å². The lowest BCUT2D eigenvalue weighted by molar-refractivity contribution is -0.129. The SMILES string of the molecule is O=C1CCc2cc(C=CC(=O)N3CCC3)cnc2N1. The van der Waals surface area contributed by atoms with Gasteiger partial charge in [0.15, 0.2) is 0 Å². The van der Waals surface area contributed by atoms with Crippen molar-refractivity contribution in [1.29, 1.82) is 0 Å². The number of fused-ring (bicyclic) bond motifs is 1. The molecule has 0 saturated carbocycles. The number of nitrogens with zero attached hydrogens (tertiary/aromatic N) is 2. The molecule has 0 unspecified atom stereocenters. The Hall–Kier alpha value is -2.17. The minimum absolute atomic E-state index is 0.0104. The molecule has 3 rings (SSSR count). The highest BCUT2D eigenvalue weighted by molar-refractivity contribution is 5.94. The summed E-state index contributed by atoms with van der Waals surface area (Å²) < 4.78 is 0. The van der Waals surface area contributed by atoms with Crippen LogP contribution in [0.15, 0.2) is 18.3 Å². The summed E-state index contributed by atoms with van der Waals surface area (Å²) >= 11 is 0. The molecule has 2 amide bonds. The molecule has 0 aromatic carbocycles. The predicted octanol–water partition coefficient (Wildman–Crippen LogP) is 1.21. The van der Waals surface area contributed by atoms with Crippen LogP contribution < -0.4 is 5.32 Å². The van der Waals surface area contributed by atoms with Crippen molar-refractivity contribution < 1.29 is 9.59 Å². The van der Waals surface area contributed by atoms with Gasteiger partial charge in [0.05, 0.1) is 0 Å². The van der Waals surface area contributed by atoms with Crippen molar-refractivity contribution in [3.63, 3.8) is 0 Å². The first-order valence-corrected chi connectivity index (χ1v) is 6.48. The highest BCUT2D eigenvalue weighted by atomic mass is 16.2. The molecule has 5 heteroatoms. The highest BCUT2D eigenvalue weighted by Gasteiger charge is 2.18. The van der Waals surface area contributed by atoms with Crippen LogP contribution in [0.2, 0.25) is 0 Å². The van der Waals surface area contributed by atoms with Crippen LogP contribution >= 0.6 is 0 Å². The van der Waals surface area contributed by atoms with Crippen molar-refractivity contribution in [2.24, 2.45) is 0 Å². The van der Waals surface area contributed by atoms with Gasteiger partial charge in [-0.25, -0.2) is 4.98 Å². The molecule has 98 valence electrons. The summed E-state index contributed by atoms with van der Waals surface area (Å²) in [4.78, 5) is 28.9. The average Bonchev–Trinajstić information content (AvgIpc) is 2.34. The Morgan fingerprint density at radius 2 is 2.21 bits per heavy atom. The third-order valence-electron chi connectivity index (χ3n) is 3.45. The van der Waals surface area contributed by atoms with Crippen LogP contribution in [-0.2, 0) is 16.0 Å². The minimum Gasteiger partial charge on any atom is -0.339 e. The molecule has 19 heavy (non-hydrogen) atoms. The van der Waals surface area contributed by atoms with Crippen LogP contribution in [0.25, 0.3) is 6.08 Å². The van der Waals surface area contributed by atoms with Gasteiger partial charge in [-0.05, 0) is 36.1 Å². The fraction of sp³-hybridized carbons (Fsp3) is 0.357. The second-order valence-electron chi connectivity index (χ2n) is 4.84. The van der Waals surface area contributed by atoms with Gasteiger partial charge in [0.2, 0.25) is 11.8 Å². The number of aromatic nitrogens is 1. The van der Waals surface area contributed by atoms with E-state index in [-0.39, 0.29) is 11.8 Å². The van der Waals surface area contributed by atoms with E-state index in [1.807, 2.05) is 11.0 Å². The molecule has 1 aromatic heterocycles. The van der Waals surface area contributed by atoms with Gasteiger partial charge in [-0.2, -0.15) is 0 Å². The average molecular weight is 257 g/mol. The number of hydrogen-bond donors (Lipinski definition) is 1. The molecule has 0 radical (unpaired) electrons. The molecule has 1 aromatic rings. The van der Waals surface area contributed by atoms with Gasteiger partial charge in [-0.1, -0.05) is 0 Å². The van der Waals surface area contributed by atoms with Crippen LogP contribution in [0.3, 0.4) is 0 Å². The van der Waals surface area contributed by atoms with Crippen molar-refractivity contribution >= 4 is 23.7 Å². The number of likely N-dealkylation sites (tertiary alicyclic amines) is 1. The van der Waals surface area contributed by atoms with Gasteiger partial charge < -0.3 is 10.2 Å². The van der Waals surface area contributed by atoms with Crippen molar-refractivity contribution in [3.05, 3.63) is 29.5 Å². The maximum Gasteiger partial charge on any atom is 0.246 e. The maximum atomic E-state index is 11.7. The molecule has 5 nitrogen and oxygen atoms in total. The molecule has 2 aliphatic rings. The van der Waals surface area contributed by atoms with Crippen LogP contribution in [0.4, 0.5) is 5.82 Å². The standard InChI is InChI=1S/C14H15N3O2/c18-12-4-3-11-8-10(9-15-14(11)16-12)2-5-13(19)17-6-1-7-17/h2,5,8-9H,1,3-4,6-7H2,(H,15,16,18). The van der Waals surface area contributed by atoms with Crippen molar-refractivity contribution in [1.82, 2.24) is 9.88 Å². The van der Waals surface area contributed by atoms with E-state index in [0.717, 1.165) is 30.6 Å². The largest absolute Gasteiger partial charge is 0.339 e. The van der Waals surface area contributed by atoms with Gasteiger partial charge in [0.1, 0.15) is 5.82 Å². The van der Waals surface area contributed by atoms with E-state index in [2.05, 4.69) is 10.3 Å². The van der Waals surface area contributed by atoms with E-state index < -0.39 is 0 Å². The molecule has 0 spiro atoms. The van der Waals surface area contributed by atoms with Crippen LogP contribution in [0.1, 0.15) is 24.0 Å². The van der Waals surface area contributed by atoms with E-state index >= 15 is 0 Å². The zero-order valence-corrected chi connectivity index (χ0v) is 10.6. The van der Waals surface area contributed by atoms with E-state index in [4.69, 9.17) is 0 Å². The zero-order valence-electron chi connectivity index (χ0n) is 10.6. The van der Waals surface area contributed by atoms with E-state index in [0.29, 0.717) is 18.7 Å². The summed E-state index contributed by atoms with van der Waals surface area (Å²) in [5.41, 5.74) is 1.92. The lowest BCUT2D eigenvalue weighted by Crippen LogP contribution is -2.40. The Morgan fingerprint density at radius 3 is 2.95 bits per heavy atom. The first-order chi connectivity index (χ1) is 9.22. The Kier molecular flexibility index (Phi) is 3.03. The second kappa shape index (κ2) is 4.84. The maximum absolute atomic E-state index is 11.7. The van der Waals surface area contributed by atoms with Crippen LogP contribution in [0, 0.1) is 0 Å². The van der Waals surface area contributed by atoms with E-state index in [1.54, 1.807) is 18.3 Å². The number of pyridine rings is 1. The zero-order chi connectivity index (χ0) is 13.2. The number of anilines is 1. The normalized spacial score (nSPS) is 17.9. The monoisotopic (exact) mass is 257 g/mol. The number of carbonyl (C=O) groups excluding carboxylic acids is 2. The fourth-order valence-electron chi connectivity index (χ4n) is 2.18. The smallest absolute Gasteiger partial charge is 0.246 e. The first kappa shape index (κ1) is 11.9. The van der Waals surface area contributed by atoms with Gasteiger partial charge in [-0.15, -0.1) is 0 Å². The summed E-state index contributed by atoms with van der Waals surface area (Å²) in [6, 6.07) is 1.97. The quantitative estimate of drug-likeness (QED) is 0.810. The summed E-state index contributed by atoms with van der Waals surface area (Å²) in [5, 5.41) is 2.74. The number of hydrogen-bond acceptors (Lipinski definition) is 3. The Labute approximate surface area is 111 Å². The topological polar surface area (TPSA) is 62.3 Å². The molecule has 1 fully saturated rings. The summed E-state index contributed by atoms with van der Waals surface area (Å²) in [6.07, 6.45) is 7.34. The highest BCUT2D eigenvalue weighted by Crippen LogP contribution is 2.21.